The molecule has 2 aromatic rings. The first-order chi connectivity index (χ1) is 11.4. The molecule has 130 valence electrons. The first-order valence-electron chi connectivity index (χ1n) is 7.81. The number of sulfonamides is 1. The molecule has 4 nitrogen and oxygen atoms in total. The van der Waals surface area contributed by atoms with Crippen molar-refractivity contribution in [2.24, 2.45) is 0 Å². The molecule has 0 spiro atoms. The van der Waals surface area contributed by atoms with E-state index in [2.05, 4.69) is 34.5 Å². The highest BCUT2D eigenvalue weighted by Gasteiger charge is 2.11. The predicted octanol–water partition coefficient (Wildman–Crippen LogP) is 4.07. The van der Waals surface area contributed by atoms with Crippen molar-refractivity contribution < 1.29 is 13.2 Å². The van der Waals surface area contributed by atoms with Crippen LogP contribution < -0.4 is 9.46 Å². The molecular formula is C18H22BrNO3S. The third-order valence-electron chi connectivity index (χ3n) is 3.49. The van der Waals surface area contributed by atoms with E-state index in [9.17, 15) is 8.42 Å². The molecule has 0 aliphatic heterocycles. The van der Waals surface area contributed by atoms with Crippen molar-refractivity contribution in [3.8, 4) is 5.75 Å². The van der Waals surface area contributed by atoms with Crippen LogP contribution in [0.4, 0.5) is 0 Å². The van der Waals surface area contributed by atoms with E-state index in [1.165, 1.54) is 0 Å². The lowest BCUT2D eigenvalue weighted by atomic mass is 10.0. The molecule has 24 heavy (non-hydrogen) atoms. The summed E-state index contributed by atoms with van der Waals surface area (Å²) in [6.45, 7) is 4.74. The van der Waals surface area contributed by atoms with Gasteiger partial charge in [0.1, 0.15) is 12.4 Å². The van der Waals surface area contributed by atoms with E-state index < -0.39 is 10.0 Å². The molecule has 0 amide bonds. The summed E-state index contributed by atoms with van der Waals surface area (Å²) in [6, 6.07) is 15.1. The average molecular weight is 412 g/mol. The molecule has 0 aliphatic carbocycles. The van der Waals surface area contributed by atoms with Crippen LogP contribution in [-0.4, -0.2) is 21.6 Å². The summed E-state index contributed by atoms with van der Waals surface area (Å²) in [5.41, 5.74) is 1.87. The first-order valence-corrected chi connectivity index (χ1v) is 10.3. The summed E-state index contributed by atoms with van der Waals surface area (Å²) in [5, 5.41) is 0. The number of ether oxygens (including phenoxy) is 1. The molecule has 2 rings (SSSR count). The van der Waals surface area contributed by atoms with Gasteiger partial charge in [-0.05, 0) is 35.2 Å². The molecular weight excluding hydrogens is 390 g/mol. The second kappa shape index (κ2) is 8.65. The zero-order valence-corrected chi connectivity index (χ0v) is 16.2. The number of hydrogen-bond donors (Lipinski definition) is 1. The zero-order valence-electron chi connectivity index (χ0n) is 13.8. The van der Waals surface area contributed by atoms with Crippen LogP contribution in [0.3, 0.4) is 0 Å². The van der Waals surface area contributed by atoms with Gasteiger partial charge in [-0.25, -0.2) is 13.1 Å². The van der Waals surface area contributed by atoms with Crippen LogP contribution in [0.2, 0.25) is 0 Å². The van der Waals surface area contributed by atoms with E-state index in [-0.39, 0.29) is 12.3 Å². The number of hydrogen-bond acceptors (Lipinski definition) is 3. The summed E-state index contributed by atoms with van der Waals surface area (Å²) in [4.78, 5) is 0. The number of para-hydroxylation sites is 1. The van der Waals surface area contributed by atoms with Crippen molar-refractivity contribution in [2.75, 3.05) is 13.2 Å². The Hall–Kier alpha value is -1.37. The highest BCUT2D eigenvalue weighted by atomic mass is 79.9. The van der Waals surface area contributed by atoms with E-state index in [0.717, 1.165) is 21.3 Å². The Balaban J connectivity index is 1.84. The molecule has 0 radical (unpaired) electrons. The quantitative estimate of drug-likeness (QED) is 0.665. The molecule has 0 saturated heterocycles. The lowest BCUT2D eigenvalue weighted by Crippen LogP contribution is -2.29. The van der Waals surface area contributed by atoms with Gasteiger partial charge in [0.25, 0.3) is 0 Å². The number of benzene rings is 2. The summed E-state index contributed by atoms with van der Waals surface area (Å²) in [5.74, 6) is 1.12. The van der Waals surface area contributed by atoms with Crippen LogP contribution in [0, 0.1) is 0 Å². The van der Waals surface area contributed by atoms with Gasteiger partial charge in [0.05, 0.1) is 5.75 Å². The van der Waals surface area contributed by atoms with Gasteiger partial charge in [-0.15, -0.1) is 0 Å². The molecule has 0 unspecified atom stereocenters. The second-order valence-corrected chi connectivity index (χ2v) is 8.54. The van der Waals surface area contributed by atoms with E-state index in [1.807, 2.05) is 36.4 Å². The Morgan fingerprint density at radius 1 is 1.08 bits per heavy atom. The van der Waals surface area contributed by atoms with Crippen LogP contribution in [-0.2, 0) is 15.8 Å². The van der Waals surface area contributed by atoms with Gasteiger partial charge in [0.2, 0.25) is 10.0 Å². The van der Waals surface area contributed by atoms with Crippen LogP contribution in [0.5, 0.6) is 5.75 Å². The molecule has 2 aromatic carbocycles. The lowest BCUT2D eigenvalue weighted by molar-refractivity contribution is 0.318. The molecule has 0 aliphatic rings. The van der Waals surface area contributed by atoms with Crippen molar-refractivity contribution in [3.05, 3.63) is 64.1 Å². The summed E-state index contributed by atoms with van der Waals surface area (Å²) >= 11 is 3.33. The third-order valence-corrected chi connectivity index (χ3v) is 5.38. The van der Waals surface area contributed by atoms with E-state index >= 15 is 0 Å². The number of rotatable bonds is 8. The highest BCUT2D eigenvalue weighted by molar-refractivity contribution is 9.10. The average Bonchev–Trinajstić information content (AvgIpc) is 2.54. The van der Waals surface area contributed by atoms with Crippen molar-refractivity contribution in [1.29, 1.82) is 0 Å². The van der Waals surface area contributed by atoms with Crippen LogP contribution in [0.1, 0.15) is 30.9 Å². The molecule has 0 atom stereocenters. The summed E-state index contributed by atoms with van der Waals surface area (Å²) < 4.78 is 33.4. The van der Waals surface area contributed by atoms with Crippen molar-refractivity contribution in [1.82, 2.24) is 4.72 Å². The highest BCUT2D eigenvalue weighted by Crippen LogP contribution is 2.25. The van der Waals surface area contributed by atoms with Gasteiger partial charge in [0, 0.05) is 11.0 Å². The minimum atomic E-state index is -3.37. The summed E-state index contributed by atoms with van der Waals surface area (Å²) in [6.07, 6.45) is 0. The molecule has 6 heteroatoms. The number of halogens is 1. The molecule has 0 heterocycles. The molecule has 0 bridgehead atoms. The Labute approximate surface area is 152 Å². The van der Waals surface area contributed by atoms with Gasteiger partial charge >= 0.3 is 0 Å². The van der Waals surface area contributed by atoms with Crippen LogP contribution in [0.15, 0.2) is 53.0 Å². The van der Waals surface area contributed by atoms with E-state index in [1.54, 1.807) is 12.1 Å². The van der Waals surface area contributed by atoms with Crippen molar-refractivity contribution >= 4 is 26.0 Å². The van der Waals surface area contributed by atoms with Crippen molar-refractivity contribution in [2.45, 2.75) is 25.5 Å². The Bertz CT molecular complexity index is 758. The van der Waals surface area contributed by atoms with E-state index in [0.29, 0.717) is 12.5 Å². The smallest absolute Gasteiger partial charge is 0.215 e. The first kappa shape index (κ1) is 19.0. The third kappa shape index (κ3) is 5.92. The second-order valence-electron chi connectivity index (χ2n) is 5.82. The largest absolute Gasteiger partial charge is 0.492 e. The van der Waals surface area contributed by atoms with Crippen LogP contribution in [0.25, 0.3) is 0 Å². The SMILES string of the molecule is CC(C)c1ccccc1OCCNS(=O)(=O)Cc1ccc(Br)cc1. The van der Waals surface area contributed by atoms with Gasteiger partial charge in [-0.3, -0.25) is 0 Å². The Morgan fingerprint density at radius 3 is 2.42 bits per heavy atom. The monoisotopic (exact) mass is 411 g/mol. The van der Waals surface area contributed by atoms with Gasteiger partial charge in [-0.1, -0.05) is 60.1 Å². The van der Waals surface area contributed by atoms with E-state index in [4.69, 9.17) is 4.74 Å². The lowest BCUT2D eigenvalue weighted by Gasteiger charge is -2.14. The minimum Gasteiger partial charge on any atom is -0.492 e. The Kier molecular flexibility index (Phi) is 6.83. The molecule has 0 saturated carbocycles. The fourth-order valence-corrected chi connectivity index (χ4v) is 3.69. The maximum absolute atomic E-state index is 12.1. The molecule has 0 aromatic heterocycles. The zero-order chi connectivity index (χ0) is 17.6. The normalized spacial score (nSPS) is 11.7. The summed E-state index contributed by atoms with van der Waals surface area (Å²) in [7, 11) is -3.37. The topological polar surface area (TPSA) is 55.4 Å². The van der Waals surface area contributed by atoms with Gasteiger partial charge in [0.15, 0.2) is 0 Å². The fraction of sp³-hybridized carbons (Fsp3) is 0.333. The minimum absolute atomic E-state index is 0.0388. The van der Waals surface area contributed by atoms with Gasteiger partial charge in [-0.2, -0.15) is 0 Å². The molecule has 0 fully saturated rings. The Morgan fingerprint density at radius 2 is 1.75 bits per heavy atom. The number of nitrogens with one attached hydrogen (secondary N) is 1. The van der Waals surface area contributed by atoms with Crippen LogP contribution >= 0.6 is 15.9 Å². The fourth-order valence-electron chi connectivity index (χ4n) is 2.30. The predicted molar refractivity (Wildman–Crippen MR) is 101 cm³/mol. The van der Waals surface area contributed by atoms with Crippen molar-refractivity contribution in [3.63, 3.8) is 0 Å². The maximum atomic E-state index is 12.1. The maximum Gasteiger partial charge on any atom is 0.215 e. The molecule has 1 N–H and O–H groups in total. The van der Waals surface area contributed by atoms with Gasteiger partial charge < -0.3 is 4.74 Å². The standard InChI is InChI=1S/C18H22BrNO3S/c1-14(2)17-5-3-4-6-18(17)23-12-11-20-24(21,22)13-15-7-9-16(19)10-8-15/h3-10,14,20H,11-13H2,1-2H3.